The van der Waals surface area contributed by atoms with Crippen LogP contribution in [-0.4, -0.2) is 56.8 Å². The Labute approximate surface area is 104 Å². The Hall–Kier alpha value is -1.63. The van der Waals surface area contributed by atoms with Gasteiger partial charge in [-0.05, 0) is 12.8 Å². The molecule has 0 aliphatic carbocycles. The molecule has 1 rings (SSSR count). The van der Waals surface area contributed by atoms with Gasteiger partial charge in [-0.2, -0.15) is 0 Å². The Kier molecular flexibility index (Phi) is 4.66. The van der Waals surface area contributed by atoms with Gasteiger partial charge in [0.25, 0.3) is 0 Å². The van der Waals surface area contributed by atoms with Gasteiger partial charge in [0.05, 0.1) is 6.10 Å². The maximum Gasteiger partial charge on any atom is 0.329 e. The minimum absolute atomic E-state index is 0.138. The monoisotopic (exact) mass is 259 g/mol. The van der Waals surface area contributed by atoms with Crippen LogP contribution in [0.25, 0.3) is 0 Å². The number of aliphatic hydroxyl groups is 1. The predicted molar refractivity (Wildman–Crippen MR) is 59.8 cm³/mol. The molecule has 0 radical (unpaired) electrons. The quantitative estimate of drug-likeness (QED) is 0.615. The number of amides is 1. The first-order valence-electron chi connectivity index (χ1n) is 5.77. The number of carboxylic acid groups (broad SMARTS) is 2. The maximum absolute atomic E-state index is 12.0. The lowest BCUT2D eigenvalue weighted by Gasteiger charge is -2.25. The second-order valence-corrected chi connectivity index (χ2v) is 4.50. The number of carbonyl (C=O) groups is 3. The molecule has 7 heteroatoms. The minimum atomic E-state index is -1.24. The Morgan fingerprint density at radius 3 is 2.44 bits per heavy atom. The van der Waals surface area contributed by atoms with Crippen LogP contribution in [0.2, 0.25) is 0 Å². The number of carboxylic acids is 2. The largest absolute Gasteiger partial charge is 0.481 e. The fourth-order valence-corrected chi connectivity index (χ4v) is 2.07. The summed E-state index contributed by atoms with van der Waals surface area (Å²) >= 11 is 0. The predicted octanol–water partition coefficient (Wildman–Crippen LogP) is -0.466. The summed E-state index contributed by atoms with van der Waals surface area (Å²) in [6.45, 7) is 1.75. The lowest BCUT2D eigenvalue weighted by Crippen LogP contribution is -2.46. The molecule has 1 fully saturated rings. The van der Waals surface area contributed by atoms with Crippen LogP contribution in [0.15, 0.2) is 0 Å². The molecular formula is C11H17NO6. The van der Waals surface area contributed by atoms with E-state index in [4.69, 9.17) is 10.2 Å². The number of nitrogens with zero attached hydrogens (tertiary/aromatic N) is 1. The van der Waals surface area contributed by atoms with E-state index in [0.717, 1.165) is 4.90 Å². The highest BCUT2D eigenvalue weighted by molar-refractivity contribution is 5.86. The molecule has 0 aromatic rings. The van der Waals surface area contributed by atoms with E-state index in [0.29, 0.717) is 0 Å². The van der Waals surface area contributed by atoms with Gasteiger partial charge in [-0.15, -0.1) is 0 Å². The van der Waals surface area contributed by atoms with Crippen LogP contribution in [-0.2, 0) is 14.4 Å². The lowest BCUT2D eigenvalue weighted by molar-refractivity contribution is -0.152. The number of hydrogen-bond donors (Lipinski definition) is 3. The molecule has 1 amide bonds. The first-order chi connectivity index (χ1) is 8.34. The van der Waals surface area contributed by atoms with Crippen LogP contribution in [0, 0.1) is 5.92 Å². The third kappa shape index (κ3) is 3.19. The van der Waals surface area contributed by atoms with Crippen LogP contribution >= 0.6 is 0 Å². The molecule has 0 aromatic heterocycles. The van der Waals surface area contributed by atoms with E-state index in [2.05, 4.69) is 0 Å². The average Bonchev–Trinajstić information content (AvgIpc) is 2.66. The van der Waals surface area contributed by atoms with Crippen molar-refractivity contribution in [3.05, 3.63) is 0 Å². The van der Waals surface area contributed by atoms with Crippen molar-refractivity contribution in [3.63, 3.8) is 0 Å². The molecule has 7 nitrogen and oxygen atoms in total. The van der Waals surface area contributed by atoms with Crippen molar-refractivity contribution in [2.45, 2.75) is 38.3 Å². The zero-order valence-electron chi connectivity index (χ0n) is 10.1. The van der Waals surface area contributed by atoms with E-state index in [9.17, 15) is 19.5 Å². The minimum Gasteiger partial charge on any atom is -0.481 e. The molecule has 3 atom stereocenters. The fourth-order valence-electron chi connectivity index (χ4n) is 2.07. The average molecular weight is 259 g/mol. The van der Waals surface area contributed by atoms with Crippen LogP contribution in [0.1, 0.15) is 26.2 Å². The van der Waals surface area contributed by atoms with E-state index >= 15 is 0 Å². The molecule has 0 spiro atoms. The SMILES string of the molecule is CC(CCC(=O)O)C(=O)N1CCC(O)[C@H]1C(=O)O. The second kappa shape index (κ2) is 5.81. The van der Waals surface area contributed by atoms with Crippen LogP contribution in [0.3, 0.4) is 0 Å². The zero-order valence-corrected chi connectivity index (χ0v) is 10.1. The van der Waals surface area contributed by atoms with Gasteiger partial charge >= 0.3 is 11.9 Å². The highest BCUT2D eigenvalue weighted by atomic mass is 16.4. The number of carbonyl (C=O) groups excluding carboxylic acids is 1. The van der Waals surface area contributed by atoms with Crippen molar-refractivity contribution in [2.75, 3.05) is 6.54 Å². The summed E-state index contributed by atoms with van der Waals surface area (Å²) in [5, 5.41) is 27.0. The van der Waals surface area contributed by atoms with Gasteiger partial charge in [0.2, 0.25) is 5.91 Å². The number of aliphatic hydroxyl groups excluding tert-OH is 1. The lowest BCUT2D eigenvalue weighted by atomic mass is 10.0. The van der Waals surface area contributed by atoms with Crippen LogP contribution in [0.5, 0.6) is 0 Å². The summed E-state index contributed by atoms with van der Waals surface area (Å²) < 4.78 is 0. The van der Waals surface area contributed by atoms with Crippen molar-refractivity contribution in [2.24, 2.45) is 5.92 Å². The molecule has 0 saturated carbocycles. The molecule has 1 aliphatic heterocycles. The van der Waals surface area contributed by atoms with Crippen LogP contribution in [0.4, 0.5) is 0 Å². The van der Waals surface area contributed by atoms with Crippen molar-refractivity contribution in [3.8, 4) is 0 Å². The van der Waals surface area contributed by atoms with Gasteiger partial charge in [0.1, 0.15) is 0 Å². The third-order valence-electron chi connectivity index (χ3n) is 3.11. The molecule has 1 aliphatic rings. The standard InChI is InChI=1S/C11H17NO6/c1-6(2-3-8(14)15)10(16)12-5-4-7(13)9(12)11(17)18/h6-7,9,13H,2-5H2,1H3,(H,14,15)(H,17,18)/t6?,7?,9-/m0/s1. The third-order valence-corrected chi connectivity index (χ3v) is 3.11. The Morgan fingerprint density at radius 2 is 1.94 bits per heavy atom. The first kappa shape index (κ1) is 14.4. The summed E-state index contributed by atoms with van der Waals surface area (Å²) in [6, 6.07) is -1.22. The summed E-state index contributed by atoms with van der Waals surface area (Å²) in [5.41, 5.74) is 0. The van der Waals surface area contributed by atoms with Crippen molar-refractivity contribution < 1.29 is 29.7 Å². The van der Waals surface area contributed by atoms with Crippen LogP contribution < -0.4 is 0 Å². The number of likely N-dealkylation sites (tertiary alicyclic amines) is 1. The zero-order chi connectivity index (χ0) is 13.9. The van der Waals surface area contributed by atoms with E-state index in [1.807, 2.05) is 0 Å². The molecule has 1 heterocycles. The molecule has 2 unspecified atom stereocenters. The van der Waals surface area contributed by atoms with Gasteiger partial charge in [-0.25, -0.2) is 4.79 Å². The Bertz CT molecular complexity index is 355. The van der Waals surface area contributed by atoms with E-state index in [1.54, 1.807) is 6.92 Å². The smallest absolute Gasteiger partial charge is 0.329 e. The fraction of sp³-hybridized carbons (Fsp3) is 0.727. The molecule has 3 N–H and O–H groups in total. The molecule has 18 heavy (non-hydrogen) atoms. The highest BCUT2D eigenvalue weighted by Crippen LogP contribution is 2.22. The summed E-state index contributed by atoms with van der Waals surface area (Å²) in [4.78, 5) is 34.5. The molecule has 0 bridgehead atoms. The van der Waals surface area contributed by atoms with Gasteiger partial charge < -0.3 is 20.2 Å². The number of aliphatic carboxylic acids is 2. The van der Waals surface area contributed by atoms with Gasteiger partial charge in [0, 0.05) is 18.9 Å². The highest BCUT2D eigenvalue weighted by Gasteiger charge is 2.42. The van der Waals surface area contributed by atoms with Crippen molar-refractivity contribution in [1.29, 1.82) is 0 Å². The normalized spacial score (nSPS) is 24.9. The number of rotatable bonds is 5. The first-order valence-corrected chi connectivity index (χ1v) is 5.77. The Balaban J connectivity index is 2.65. The second-order valence-electron chi connectivity index (χ2n) is 4.50. The number of hydrogen-bond acceptors (Lipinski definition) is 4. The van der Waals surface area contributed by atoms with Crippen molar-refractivity contribution in [1.82, 2.24) is 4.90 Å². The van der Waals surface area contributed by atoms with Gasteiger partial charge in [-0.3, -0.25) is 9.59 Å². The van der Waals surface area contributed by atoms with Crippen molar-refractivity contribution >= 4 is 17.8 Å². The van der Waals surface area contributed by atoms with E-state index in [-0.39, 0.29) is 25.8 Å². The van der Waals surface area contributed by atoms with Gasteiger partial charge in [-0.1, -0.05) is 6.92 Å². The molecule has 0 aromatic carbocycles. The topological polar surface area (TPSA) is 115 Å². The Morgan fingerprint density at radius 1 is 1.33 bits per heavy atom. The molecule has 102 valence electrons. The van der Waals surface area contributed by atoms with Gasteiger partial charge in [0.15, 0.2) is 6.04 Å². The molecular weight excluding hydrogens is 242 g/mol. The summed E-state index contributed by atoms with van der Waals surface area (Å²) in [7, 11) is 0. The summed E-state index contributed by atoms with van der Waals surface area (Å²) in [5.74, 6) is -3.21. The molecule has 1 saturated heterocycles. The van der Waals surface area contributed by atoms with E-state index < -0.39 is 35.9 Å². The summed E-state index contributed by atoms with van der Waals surface area (Å²) in [6.07, 6.45) is -0.805. The maximum atomic E-state index is 12.0. The van der Waals surface area contributed by atoms with E-state index in [1.165, 1.54) is 0 Å².